The summed E-state index contributed by atoms with van der Waals surface area (Å²) in [5.74, 6) is 1.50. The lowest BCUT2D eigenvalue weighted by Crippen LogP contribution is -2.28. The molecular formula is C39H45N7O2. The van der Waals surface area contributed by atoms with E-state index in [9.17, 15) is 4.79 Å². The number of aliphatic imine (C=N–C) groups is 1. The lowest BCUT2D eigenvalue weighted by atomic mass is 9.72. The van der Waals surface area contributed by atoms with Gasteiger partial charge in [-0.2, -0.15) is 0 Å². The molecule has 9 heteroatoms. The minimum Gasteiger partial charge on any atom is -0.467 e. The normalized spacial score (nSPS) is 18.6. The van der Waals surface area contributed by atoms with Gasteiger partial charge in [-0.05, 0) is 67.4 Å². The van der Waals surface area contributed by atoms with E-state index in [2.05, 4.69) is 54.8 Å². The van der Waals surface area contributed by atoms with Gasteiger partial charge in [0.1, 0.15) is 11.6 Å². The van der Waals surface area contributed by atoms with Gasteiger partial charge in [-0.1, -0.05) is 51.1 Å². The lowest BCUT2D eigenvalue weighted by Gasteiger charge is -2.33. The first kappa shape index (κ1) is 33.2. The van der Waals surface area contributed by atoms with E-state index in [0.29, 0.717) is 37.0 Å². The number of ether oxygens (including phenoxy) is 1. The number of hydrogen-bond acceptors (Lipinski definition) is 9. The van der Waals surface area contributed by atoms with E-state index < -0.39 is 0 Å². The Labute approximate surface area is 283 Å². The summed E-state index contributed by atoms with van der Waals surface area (Å²) in [6.45, 7) is 9.43. The molecule has 9 nitrogen and oxygen atoms in total. The predicted molar refractivity (Wildman–Crippen MR) is 188 cm³/mol. The van der Waals surface area contributed by atoms with Gasteiger partial charge < -0.3 is 4.74 Å². The van der Waals surface area contributed by atoms with Crippen LogP contribution in [0.3, 0.4) is 0 Å². The molecule has 1 atom stereocenters. The summed E-state index contributed by atoms with van der Waals surface area (Å²) >= 11 is 0. The fourth-order valence-corrected chi connectivity index (χ4v) is 6.96. The third-order valence-electron chi connectivity index (χ3n) is 9.72. The van der Waals surface area contributed by atoms with Crippen molar-refractivity contribution < 1.29 is 9.53 Å². The van der Waals surface area contributed by atoms with Gasteiger partial charge in [-0.15, -0.1) is 0 Å². The molecule has 1 unspecified atom stereocenters. The maximum Gasteiger partial charge on any atom is 0.316 e. The summed E-state index contributed by atoms with van der Waals surface area (Å²) in [6.07, 6.45) is 16.8. The fourth-order valence-electron chi connectivity index (χ4n) is 6.96. The van der Waals surface area contributed by atoms with Crippen molar-refractivity contribution in [3.05, 3.63) is 95.2 Å². The molecule has 1 aliphatic heterocycles. The van der Waals surface area contributed by atoms with E-state index in [4.69, 9.17) is 24.7 Å². The van der Waals surface area contributed by atoms with Gasteiger partial charge in [0.25, 0.3) is 0 Å². The highest BCUT2D eigenvalue weighted by atomic mass is 16.5. The predicted octanol–water partition coefficient (Wildman–Crippen LogP) is 7.22. The number of Topliss-reactive ketones (excluding diaryl/α,β-unsaturated/α-hetero) is 1. The van der Waals surface area contributed by atoms with Crippen LogP contribution in [-0.4, -0.2) is 55.6 Å². The average Bonchev–Trinajstić information content (AvgIpc) is 3.54. The third-order valence-corrected chi connectivity index (χ3v) is 9.72. The van der Waals surface area contributed by atoms with Gasteiger partial charge in [0.2, 0.25) is 0 Å². The quantitative estimate of drug-likeness (QED) is 0.168. The monoisotopic (exact) mass is 643 g/mol. The highest BCUT2D eigenvalue weighted by molar-refractivity contribution is 5.95. The van der Waals surface area contributed by atoms with Gasteiger partial charge in [0, 0.05) is 60.5 Å². The van der Waals surface area contributed by atoms with E-state index in [0.717, 1.165) is 54.9 Å². The van der Waals surface area contributed by atoms with Gasteiger partial charge in [-0.25, -0.2) is 19.9 Å². The molecule has 248 valence electrons. The van der Waals surface area contributed by atoms with E-state index >= 15 is 0 Å². The van der Waals surface area contributed by atoms with Crippen LogP contribution in [0.1, 0.15) is 94.1 Å². The highest BCUT2D eigenvalue weighted by Gasteiger charge is 2.35. The van der Waals surface area contributed by atoms with Crippen molar-refractivity contribution in [1.29, 1.82) is 0 Å². The number of hydrogen-bond donors (Lipinski definition) is 0. The Morgan fingerprint density at radius 1 is 0.917 bits per heavy atom. The first-order valence-corrected chi connectivity index (χ1v) is 17.0. The Morgan fingerprint density at radius 2 is 1.67 bits per heavy atom. The summed E-state index contributed by atoms with van der Waals surface area (Å²) in [4.78, 5) is 46.4. The molecule has 4 aromatic rings. The topological polar surface area (TPSA) is 116 Å². The molecular weight excluding hydrogens is 598 g/mol. The zero-order valence-electron chi connectivity index (χ0n) is 28.7. The van der Waals surface area contributed by atoms with Gasteiger partial charge >= 0.3 is 6.01 Å². The number of nitrogens with zero attached hydrogens (tertiary/aromatic N) is 7. The maximum atomic E-state index is 14.0. The van der Waals surface area contributed by atoms with Gasteiger partial charge in [0.15, 0.2) is 0 Å². The second kappa shape index (κ2) is 14.6. The van der Waals surface area contributed by atoms with Crippen molar-refractivity contribution in [3.63, 3.8) is 0 Å². The van der Waals surface area contributed by atoms with Crippen LogP contribution in [0.15, 0.2) is 71.9 Å². The second-order valence-electron chi connectivity index (χ2n) is 14.1. The number of carbonyl (C=O) groups is 1. The first-order chi connectivity index (χ1) is 23.2. The van der Waals surface area contributed by atoms with E-state index in [1.807, 2.05) is 30.6 Å². The van der Waals surface area contributed by atoms with Crippen LogP contribution in [0.2, 0.25) is 0 Å². The van der Waals surface area contributed by atoms with Crippen LogP contribution in [0.25, 0.3) is 16.8 Å². The fraction of sp³-hybridized carbons (Fsp3) is 0.436. The number of methoxy groups -OCH3 is 1. The van der Waals surface area contributed by atoms with Crippen LogP contribution in [0.5, 0.6) is 6.01 Å². The Morgan fingerprint density at radius 3 is 2.29 bits per heavy atom. The van der Waals surface area contributed by atoms with Crippen molar-refractivity contribution in [2.75, 3.05) is 13.7 Å². The maximum absolute atomic E-state index is 14.0. The van der Waals surface area contributed by atoms with E-state index in [-0.39, 0.29) is 23.0 Å². The molecule has 0 amide bonds. The molecule has 0 radical (unpaired) electrons. The summed E-state index contributed by atoms with van der Waals surface area (Å²) in [7, 11) is 1.53. The molecule has 48 heavy (non-hydrogen) atoms. The zero-order chi connectivity index (χ0) is 33.7. The SMILES string of the molecule is COc1ncc(-c2cnc(C(C(=O)CCc3ccccc3)C3CCC(Cc4ncc(C(C)(C)C)c(C5=C(C)C=NC5)n4)CC3)cn2)cn1. The molecule has 0 bridgehead atoms. The van der Waals surface area contributed by atoms with Crippen molar-refractivity contribution in [2.24, 2.45) is 16.8 Å². The minimum absolute atomic E-state index is 0.0621. The number of carbonyl (C=O) groups excluding carboxylic acids is 1. The Bertz CT molecular complexity index is 1770. The average molecular weight is 644 g/mol. The van der Waals surface area contributed by atoms with Crippen LogP contribution < -0.4 is 4.74 Å². The molecule has 0 spiro atoms. The zero-order valence-corrected chi connectivity index (χ0v) is 28.7. The molecule has 1 fully saturated rings. The third kappa shape index (κ3) is 7.72. The Balaban J connectivity index is 1.18. The number of aromatic nitrogens is 6. The number of ketones is 1. The molecule has 4 heterocycles. The number of benzene rings is 1. The Kier molecular flexibility index (Phi) is 10.1. The Hall–Kier alpha value is -4.66. The molecule has 2 aliphatic rings. The van der Waals surface area contributed by atoms with Crippen LogP contribution in [-0.2, 0) is 23.1 Å². The number of allylic oxidation sites excluding steroid dienone is 1. The standard InChI is InChI=1S/C39H45N7O2/c1-25-18-40-21-30(25)37-31(39(2,3)4)22-43-35(46-37)17-27-11-14-28(15-12-27)36(34(47)16-13-26-9-7-6-8-10-26)33-24-41-32(23-42-33)29-19-44-38(48-5)45-20-29/h6-10,18-20,22-24,27-28,36H,11-17,21H2,1-5H3. The summed E-state index contributed by atoms with van der Waals surface area (Å²) in [5, 5.41) is 0. The van der Waals surface area contributed by atoms with Crippen LogP contribution in [0.4, 0.5) is 0 Å². The molecule has 1 aliphatic carbocycles. The smallest absolute Gasteiger partial charge is 0.316 e. The summed E-state index contributed by atoms with van der Waals surface area (Å²) in [5.41, 5.74) is 7.85. The van der Waals surface area contributed by atoms with E-state index in [1.54, 1.807) is 24.8 Å². The van der Waals surface area contributed by atoms with Crippen LogP contribution in [0, 0.1) is 11.8 Å². The van der Waals surface area contributed by atoms with E-state index in [1.165, 1.54) is 29.4 Å². The molecule has 1 aromatic carbocycles. The van der Waals surface area contributed by atoms with Crippen molar-refractivity contribution in [1.82, 2.24) is 29.9 Å². The number of aryl methyl sites for hydroxylation is 1. The summed E-state index contributed by atoms with van der Waals surface area (Å²) in [6, 6.07) is 10.5. The van der Waals surface area contributed by atoms with Crippen molar-refractivity contribution in [3.8, 4) is 17.3 Å². The first-order valence-electron chi connectivity index (χ1n) is 17.0. The molecule has 6 rings (SSSR count). The number of rotatable bonds is 11. The van der Waals surface area contributed by atoms with Crippen molar-refractivity contribution >= 4 is 17.6 Å². The van der Waals surface area contributed by atoms with Gasteiger partial charge in [-0.3, -0.25) is 19.8 Å². The summed E-state index contributed by atoms with van der Waals surface area (Å²) < 4.78 is 5.08. The largest absolute Gasteiger partial charge is 0.467 e. The molecule has 3 aromatic heterocycles. The van der Waals surface area contributed by atoms with Crippen molar-refractivity contribution in [2.45, 2.75) is 84.0 Å². The molecule has 0 N–H and O–H groups in total. The van der Waals surface area contributed by atoms with Gasteiger partial charge in [0.05, 0.1) is 42.9 Å². The minimum atomic E-state index is -0.297. The highest BCUT2D eigenvalue weighted by Crippen LogP contribution is 2.40. The lowest BCUT2D eigenvalue weighted by molar-refractivity contribution is -0.122. The molecule has 1 saturated carbocycles. The molecule has 0 saturated heterocycles. The second-order valence-corrected chi connectivity index (χ2v) is 14.1. The van der Waals surface area contributed by atoms with Crippen LogP contribution >= 0.6 is 0 Å².